The van der Waals surface area contributed by atoms with E-state index in [1.807, 2.05) is 0 Å². The molecule has 3 rings (SSSR count). The maximum absolute atomic E-state index is 2.59. The van der Waals surface area contributed by atoms with Crippen LogP contribution in [0, 0.1) is 28.6 Å². The molecule has 3 aliphatic rings. The van der Waals surface area contributed by atoms with Crippen LogP contribution >= 0.6 is 0 Å². The Morgan fingerprint density at radius 3 is 2.53 bits per heavy atom. The van der Waals surface area contributed by atoms with Crippen LogP contribution in [-0.4, -0.2) is 0 Å². The van der Waals surface area contributed by atoms with Gasteiger partial charge in [-0.05, 0) is 54.3 Å². The summed E-state index contributed by atoms with van der Waals surface area (Å²) < 4.78 is 0. The molecule has 2 bridgehead atoms. The quantitative estimate of drug-likeness (QED) is 0.555. The second-order valence-electron chi connectivity index (χ2n) is 6.85. The van der Waals surface area contributed by atoms with Crippen LogP contribution in [0.15, 0.2) is 11.6 Å². The molecular weight excluding hydrogens is 180 g/mol. The molecular formula is C15H24. The molecule has 4 unspecified atom stereocenters. The number of rotatable bonds is 1. The lowest BCUT2D eigenvalue weighted by molar-refractivity contribution is 0.0509. The highest BCUT2D eigenvalue weighted by Gasteiger charge is 2.65. The first-order chi connectivity index (χ1) is 7.00. The zero-order valence-corrected chi connectivity index (χ0v) is 10.6. The third-order valence-corrected chi connectivity index (χ3v) is 6.30. The van der Waals surface area contributed by atoms with Crippen molar-refractivity contribution in [2.75, 3.05) is 0 Å². The van der Waals surface area contributed by atoms with Crippen LogP contribution in [0.2, 0.25) is 0 Å². The van der Waals surface area contributed by atoms with Crippen LogP contribution < -0.4 is 0 Å². The Hall–Kier alpha value is -0.260. The third-order valence-electron chi connectivity index (χ3n) is 6.30. The Morgan fingerprint density at radius 2 is 1.87 bits per heavy atom. The summed E-state index contributed by atoms with van der Waals surface area (Å²) in [7, 11) is 0. The van der Waals surface area contributed by atoms with Crippen molar-refractivity contribution in [2.24, 2.45) is 28.6 Å². The van der Waals surface area contributed by atoms with Gasteiger partial charge in [0.25, 0.3) is 0 Å². The van der Waals surface area contributed by atoms with E-state index < -0.39 is 0 Å². The van der Waals surface area contributed by atoms with Crippen molar-refractivity contribution in [3.8, 4) is 0 Å². The molecule has 4 atom stereocenters. The molecule has 84 valence electrons. The van der Waals surface area contributed by atoms with Crippen LogP contribution in [-0.2, 0) is 0 Å². The van der Waals surface area contributed by atoms with E-state index in [1.54, 1.807) is 5.57 Å². The standard InChI is InChI=1S/C15H24/c1-10(2)13-7-8-14(3)11-5-6-12(9-11)15(13,14)4/h7,10-12H,5-6,8-9H2,1-4H3. The van der Waals surface area contributed by atoms with E-state index in [2.05, 4.69) is 33.8 Å². The topological polar surface area (TPSA) is 0 Å². The largest absolute Gasteiger partial charge is 0.0839 e. The van der Waals surface area contributed by atoms with Crippen LogP contribution in [0.5, 0.6) is 0 Å². The summed E-state index contributed by atoms with van der Waals surface area (Å²) in [4.78, 5) is 0. The molecule has 0 nitrogen and oxygen atoms in total. The van der Waals surface area contributed by atoms with Crippen molar-refractivity contribution in [3.63, 3.8) is 0 Å². The number of fused-ring (bicyclic) bond motifs is 5. The average Bonchev–Trinajstić information content (AvgIpc) is 2.75. The van der Waals surface area contributed by atoms with E-state index >= 15 is 0 Å². The lowest BCUT2D eigenvalue weighted by Crippen LogP contribution is -2.41. The van der Waals surface area contributed by atoms with Gasteiger partial charge in [0.15, 0.2) is 0 Å². The monoisotopic (exact) mass is 204 g/mol. The second-order valence-corrected chi connectivity index (χ2v) is 6.85. The Morgan fingerprint density at radius 1 is 1.20 bits per heavy atom. The first-order valence-electron chi connectivity index (χ1n) is 6.70. The highest BCUT2D eigenvalue weighted by Crippen LogP contribution is 2.73. The minimum atomic E-state index is 0.560. The fraction of sp³-hybridized carbons (Fsp3) is 0.867. The fourth-order valence-electron chi connectivity index (χ4n) is 5.29. The maximum atomic E-state index is 2.59. The van der Waals surface area contributed by atoms with Crippen LogP contribution in [0.1, 0.15) is 53.4 Å². The summed E-state index contributed by atoms with van der Waals surface area (Å²) in [6.45, 7) is 9.92. The molecule has 15 heavy (non-hydrogen) atoms. The molecule has 0 aromatic carbocycles. The van der Waals surface area contributed by atoms with Crippen molar-refractivity contribution in [1.29, 1.82) is 0 Å². The smallest absolute Gasteiger partial charge is 0.00261 e. The van der Waals surface area contributed by atoms with Gasteiger partial charge in [0, 0.05) is 0 Å². The third kappa shape index (κ3) is 0.905. The van der Waals surface area contributed by atoms with Gasteiger partial charge in [0.2, 0.25) is 0 Å². The average molecular weight is 204 g/mol. The molecule has 0 radical (unpaired) electrons. The summed E-state index contributed by atoms with van der Waals surface area (Å²) in [5.41, 5.74) is 2.97. The normalized spacial score (nSPS) is 52.5. The van der Waals surface area contributed by atoms with Crippen LogP contribution in [0.25, 0.3) is 0 Å². The maximum Gasteiger partial charge on any atom is -0.00261 e. The van der Waals surface area contributed by atoms with E-state index in [0.29, 0.717) is 10.8 Å². The summed E-state index contributed by atoms with van der Waals surface area (Å²) in [6.07, 6.45) is 8.49. The molecule has 0 heteroatoms. The van der Waals surface area contributed by atoms with Gasteiger partial charge in [0.1, 0.15) is 0 Å². The molecule has 0 heterocycles. The number of hydrogen-bond acceptors (Lipinski definition) is 0. The summed E-state index contributed by atoms with van der Waals surface area (Å²) in [5, 5.41) is 0. The van der Waals surface area contributed by atoms with E-state index in [-0.39, 0.29) is 0 Å². The predicted octanol–water partition coefficient (Wildman–Crippen LogP) is 4.42. The van der Waals surface area contributed by atoms with Crippen molar-refractivity contribution < 1.29 is 0 Å². The van der Waals surface area contributed by atoms with E-state index in [4.69, 9.17) is 0 Å². The van der Waals surface area contributed by atoms with E-state index in [1.165, 1.54) is 25.7 Å². The molecule has 0 amide bonds. The minimum Gasteiger partial charge on any atom is -0.0839 e. The number of allylic oxidation sites excluding steroid dienone is 2. The van der Waals surface area contributed by atoms with Crippen LogP contribution in [0.3, 0.4) is 0 Å². The van der Waals surface area contributed by atoms with Gasteiger partial charge in [-0.15, -0.1) is 0 Å². The first-order valence-corrected chi connectivity index (χ1v) is 6.70. The predicted molar refractivity (Wildman–Crippen MR) is 64.6 cm³/mol. The second kappa shape index (κ2) is 2.70. The molecule has 0 aromatic heterocycles. The molecule has 3 aliphatic carbocycles. The summed E-state index contributed by atoms with van der Waals surface area (Å²) in [5.74, 6) is 2.79. The zero-order valence-electron chi connectivity index (χ0n) is 10.6. The van der Waals surface area contributed by atoms with Gasteiger partial charge in [-0.1, -0.05) is 39.3 Å². The zero-order chi connectivity index (χ0) is 10.8. The highest BCUT2D eigenvalue weighted by molar-refractivity contribution is 5.33. The first kappa shape index (κ1) is 9.93. The van der Waals surface area contributed by atoms with Crippen molar-refractivity contribution in [2.45, 2.75) is 53.4 Å². The fourth-order valence-corrected chi connectivity index (χ4v) is 5.29. The molecule has 0 aliphatic heterocycles. The molecule has 2 saturated carbocycles. The van der Waals surface area contributed by atoms with Gasteiger partial charge >= 0.3 is 0 Å². The number of hydrogen-bond donors (Lipinski definition) is 0. The molecule has 2 fully saturated rings. The highest BCUT2D eigenvalue weighted by atomic mass is 14.7. The van der Waals surface area contributed by atoms with Gasteiger partial charge in [-0.3, -0.25) is 0 Å². The van der Waals surface area contributed by atoms with E-state index in [0.717, 1.165) is 17.8 Å². The van der Waals surface area contributed by atoms with Gasteiger partial charge in [-0.2, -0.15) is 0 Å². The Balaban J connectivity index is 2.07. The Bertz CT molecular complexity index is 325. The summed E-state index contributed by atoms with van der Waals surface area (Å²) in [6, 6.07) is 0. The van der Waals surface area contributed by atoms with Gasteiger partial charge in [0.05, 0.1) is 0 Å². The van der Waals surface area contributed by atoms with Crippen molar-refractivity contribution >= 4 is 0 Å². The molecule has 0 spiro atoms. The molecule has 0 saturated heterocycles. The Labute approximate surface area is 94.1 Å². The minimum absolute atomic E-state index is 0.560. The lowest BCUT2D eigenvalue weighted by atomic mass is 9.56. The van der Waals surface area contributed by atoms with E-state index in [9.17, 15) is 0 Å². The van der Waals surface area contributed by atoms with Crippen molar-refractivity contribution in [1.82, 2.24) is 0 Å². The van der Waals surface area contributed by atoms with Crippen LogP contribution in [0.4, 0.5) is 0 Å². The molecule has 0 aromatic rings. The SMILES string of the molecule is CC(C)C1=CCC2(C)C3CCC(C3)C12C. The Kier molecular flexibility index (Phi) is 1.79. The summed E-state index contributed by atoms with van der Waals surface area (Å²) >= 11 is 0. The van der Waals surface area contributed by atoms with Gasteiger partial charge in [-0.25, -0.2) is 0 Å². The lowest BCUT2D eigenvalue weighted by Gasteiger charge is -2.48. The van der Waals surface area contributed by atoms with Crippen molar-refractivity contribution in [3.05, 3.63) is 11.6 Å². The van der Waals surface area contributed by atoms with Gasteiger partial charge < -0.3 is 0 Å². The molecule has 0 N–H and O–H groups in total.